The van der Waals surface area contributed by atoms with Crippen molar-refractivity contribution in [2.24, 2.45) is 10.7 Å². The monoisotopic (exact) mass is 265 g/mol. The van der Waals surface area contributed by atoms with E-state index in [-0.39, 0.29) is 0 Å². The van der Waals surface area contributed by atoms with E-state index in [1.165, 1.54) is 37.0 Å². The van der Waals surface area contributed by atoms with Gasteiger partial charge in [-0.05, 0) is 30.7 Å². The minimum absolute atomic E-state index is 0.303. The van der Waals surface area contributed by atoms with Gasteiger partial charge in [-0.2, -0.15) is 0 Å². The maximum Gasteiger partial charge on any atom is 0.189 e. The molecule has 100 valence electrons. The fraction of sp³-hybridized carbons (Fsp3) is 0.643. The van der Waals surface area contributed by atoms with Crippen LogP contribution in [-0.4, -0.2) is 12.0 Å². The molecule has 0 radical (unpaired) electrons. The highest BCUT2D eigenvalue weighted by molar-refractivity contribution is 7.10. The second-order valence-corrected chi connectivity index (χ2v) is 5.91. The third kappa shape index (κ3) is 3.73. The lowest BCUT2D eigenvalue weighted by Gasteiger charge is -2.21. The first-order valence-corrected chi connectivity index (χ1v) is 7.80. The smallest absolute Gasteiger partial charge is 0.189 e. The number of rotatable bonds is 4. The van der Waals surface area contributed by atoms with Crippen LogP contribution in [0.25, 0.3) is 0 Å². The van der Waals surface area contributed by atoms with Gasteiger partial charge in [0, 0.05) is 4.88 Å². The van der Waals surface area contributed by atoms with Crippen molar-refractivity contribution in [3.05, 3.63) is 22.4 Å². The van der Waals surface area contributed by atoms with Gasteiger partial charge in [0.2, 0.25) is 0 Å². The summed E-state index contributed by atoms with van der Waals surface area (Å²) in [5, 5.41) is 5.46. The Morgan fingerprint density at radius 2 is 2.28 bits per heavy atom. The maximum atomic E-state index is 6.03. The van der Waals surface area contributed by atoms with Crippen LogP contribution >= 0.6 is 11.3 Å². The molecular formula is C14H23N3S. The highest BCUT2D eigenvalue weighted by atomic mass is 32.1. The van der Waals surface area contributed by atoms with Crippen molar-refractivity contribution < 1.29 is 0 Å². The van der Waals surface area contributed by atoms with Crippen LogP contribution in [-0.2, 0) is 0 Å². The molecular weight excluding hydrogens is 242 g/mol. The van der Waals surface area contributed by atoms with Gasteiger partial charge in [0.15, 0.2) is 5.96 Å². The zero-order valence-electron chi connectivity index (χ0n) is 11.1. The topological polar surface area (TPSA) is 50.4 Å². The normalized spacial score (nSPS) is 19.7. The lowest BCUT2D eigenvalue weighted by Crippen LogP contribution is -2.36. The molecule has 0 aliphatic heterocycles. The molecule has 0 saturated heterocycles. The van der Waals surface area contributed by atoms with E-state index in [0.717, 1.165) is 6.42 Å². The summed E-state index contributed by atoms with van der Waals surface area (Å²) in [5.41, 5.74) is 6.03. The average Bonchev–Trinajstić information content (AvgIpc) is 2.91. The highest BCUT2D eigenvalue weighted by Gasteiger charge is 2.14. The lowest BCUT2D eigenvalue weighted by molar-refractivity contribution is 0.441. The van der Waals surface area contributed by atoms with Crippen LogP contribution in [0.15, 0.2) is 22.5 Å². The van der Waals surface area contributed by atoms with E-state index in [1.54, 1.807) is 11.3 Å². The first kappa shape index (κ1) is 13.4. The number of aliphatic imine (C=N–C) groups is 1. The summed E-state index contributed by atoms with van der Waals surface area (Å²) in [6, 6.07) is 4.97. The van der Waals surface area contributed by atoms with E-state index in [0.29, 0.717) is 18.0 Å². The lowest BCUT2D eigenvalue weighted by atomic mass is 9.96. The van der Waals surface area contributed by atoms with Gasteiger partial charge in [0.25, 0.3) is 0 Å². The third-order valence-corrected chi connectivity index (χ3v) is 4.50. The predicted molar refractivity (Wildman–Crippen MR) is 79.0 cm³/mol. The van der Waals surface area contributed by atoms with Gasteiger partial charge in [0.1, 0.15) is 0 Å². The molecule has 1 saturated carbocycles. The second kappa shape index (κ2) is 6.78. The SMILES string of the molecule is CCC(NC(N)=NC1CCCCC1)c1cccs1. The van der Waals surface area contributed by atoms with Crippen LogP contribution < -0.4 is 11.1 Å². The van der Waals surface area contributed by atoms with E-state index in [1.807, 2.05) is 0 Å². The largest absolute Gasteiger partial charge is 0.370 e. The van der Waals surface area contributed by atoms with Crippen molar-refractivity contribution in [1.29, 1.82) is 0 Å². The zero-order chi connectivity index (χ0) is 12.8. The third-order valence-electron chi connectivity index (χ3n) is 3.51. The van der Waals surface area contributed by atoms with Crippen molar-refractivity contribution in [1.82, 2.24) is 5.32 Å². The van der Waals surface area contributed by atoms with Gasteiger partial charge in [-0.1, -0.05) is 32.3 Å². The molecule has 4 heteroatoms. The molecule has 3 nitrogen and oxygen atoms in total. The molecule has 0 bridgehead atoms. The second-order valence-electron chi connectivity index (χ2n) is 4.93. The zero-order valence-corrected chi connectivity index (χ0v) is 11.9. The van der Waals surface area contributed by atoms with Gasteiger partial charge in [-0.3, -0.25) is 4.99 Å². The quantitative estimate of drug-likeness (QED) is 0.647. The number of nitrogens with two attached hydrogens (primary N) is 1. The van der Waals surface area contributed by atoms with Crippen LogP contribution in [0.2, 0.25) is 0 Å². The molecule has 1 aromatic rings. The Balaban J connectivity index is 1.92. The van der Waals surface area contributed by atoms with E-state index in [4.69, 9.17) is 5.73 Å². The number of thiophene rings is 1. The average molecular weight is 265 g/mol. The maximum absolute atomic E-state index is 6.03. The molecule has 1 atom stereocenters. The van der Waals surface area contributed by atoms with Gasteiger partial charge in [-0.15, -0.1) is 11.3 Å². The van der Waals surface area contributed by atoms with Gasteiger partial charge in [0.05, 0.1) is 12.1 Å². The molecule has 1 heterocycles. The molecule has 0 aromatic carbocycles. The Kier molecular flexibility index (Phi) is 5.05. The molecule has 1 aliphatic rings. The van der Waals surface area contributed by atoms with E-state index in [2.05, 4.69) is 34.7 Å². The molecule has 18 heavy (non-hydrogen) atoms. The van der Waals surface area contributed by atoms with Crippen molar-refractivity contribution in [2.75, 3.05) is 0 Å². The van der Waals surface area contributed by atoms with Crippen molar-refractivity contribution in [2.45, 2.75) is 57.5 Å². The first-order chi connectivity index (χ1) is 8.79. The minimum Gasteiger partial charge on any atom is -0.370 e. The van der Waals surface area contributed by atoms with E-state index >= 15 is 0 Å². The van der Waals surface area contributed by atoms with Crippen LogP contribution in [0.1, 0.15) is 56.4 Å². The summed E-state index contributed by atoms with van der Waals surface area (Å²) in [5.74, 6) is 0.613. The number of guanidine groups is 1. The summed E-state index contributed by atoms with van der Waals surface area (Å²) >= 11 is 1.77. The number of nitrogens with one attached hydrogen (secondary N) is 1. The van der Waals surface area contributed by atoms with Crippen LogP contribution in [0, 0.1) is 0 Å². The van der Waals surface area contributed by atoms with E-state index < -0.39 is 0 Å². The molecule has 1 aliphatic carbocycles. The predicted octanol–water partition coefficient (Wildman–Crippen LogP) is 3.44. The highest BCUT2D eigenvalue weighted by Crippen LogP contribution is 2.22. The Labute approximate surface area is 114 Å². The van der Waals surface area contributed by atoms with Gasteiger partial charge >= 0.3 is 0 Å². The molecule has 2 rings (SSSR count). The number of hydrogen-bond donors (Lipinski definition) is 2. The van der Waals surface area contributed by atoms with Crippen LogP contribution in [0.3, 0.4) is 0 Å². The van der Waals surface area contributed by atoms with Crippen molar-refractivity contribution in [3.8, 4) is 0 Å². The Morgan fingerprint density at radius 1 is 1.50 bits per heavy atom. The number of nitrogens with zero attached hydrogens (tertiary/aromatic N) is 1. The summed E-state index contributed by atoms with van der Waals surface area (Å²) in [6.45, 7) is 2.17. The van der Waals surface area contributed by atoms with Crippen LogP contribution in [0.5, 0.6) is 0 Å². The standard InChI is InChI=1S/C14H23N3S/c1-2-12(13-9-6-10-18-13)17-14(15)16-11-7-4-3-5-8-11/h6,9-12H,2-5,7-8H2,1H3,(H3,15,16,17). The summed E-state index contributed by atoms with van der Waals surface area (Å²) < 4.78 is 0. The Bertz CT molecular complexity index is 366. The fourth-order valence-electron chi connectivity index (χ4n) is 2.49. The molecule has 1 aromatic heterocycles. The molecule has 3 N–H and O–H groups in total. The number of hydrogen-bond acceptors (Lipinski definition) is 2. The van der Waals surface area contributed by atoms with Crippen molar-refractivity contribution in [3.63, 3.8) is 0 Å². The summed E-state index contributed by atoms with van der Waals surface area (Å²) in [6.07, 6.45) is 7.36. The van der Waals surface area contributed by atoms with Gasteiger partial charge < -0.3 is 11.1 Å². The Morgan fingerprint density at radius 3 is 2.89 bits per heavy atom. The molecule has 1 fully saturated rings. The molecule has 1 unspecified atom stereocenters. The van der Waals surface area contributed by atoms with Gasteiger partial charge in [-0.25, -0.2) is 0 Å². The fourth-order valence-corrected chi connectivity index (χ4v) is 3.35. The molecule has 0 amide bonds. The minimum atomic E-state index is 0.303. The summed E-state index contributed by atoms with van der Waals surface area (Å²) in [4.78, 5) is 5.95. The summed E-state index contributed by atoms with van der Waals surface area (Å²) in [7, 11) is 0. The van der Waals surface area contributed by atoms with Crippen molar-refractivity contribution >= 4 is 17.3 Å². The van der Waals surface area contributed by atoms with Crippen LogP contribution in [0.4, 0.5) is 0 Å². The molecule has 0 spiro atoms. The first-order valence-electron chi connectivity index (χ1n) is 6.92. The Hall–Kier alpha value is -1.03. The van der Waals surface area contributed by atoms with E-state index in [9.17, 15) is 0 Å².